The van der Waals surface area contributed by atoms with Gasteiger partial charge >= 0.3 is 0 Å². The molecule has 7 nitrogen and oxygen atoms in total. The summed E-state index contributed by atoms with van der Waals surface area (Å²) in [6.45, 7) is 1.78. The van der Waals surface area contributed by atoms with Gasteiger partial charge in [0.15, 0.2) is 9.84 Å². The van der Waals surface area contributed by atoms with E-state index >= 15 is 0 Å². The maximum Gasteiger partial charge on any atom is 0.235 e. The van der Waals surface area contributed by atoms with Crippen molar-refractivity contribution >= 4 is 27.5 Å². The quantitative estimate of drug-likeness (QED) is 0.512. The molecule has 9 heteroatoms. The monoisotopic (exact) mass is 468 g/mol. The van der Waals surface area contributed by atoms with Crippen LogP contribution in [0.3, 0.4) is 0 Å². The lowest BCUT2D eigenvalue weighted by Gasteiger charge is -2.26. The molecule has 1 aromatic heterocycles. The Morgan fingerprint density at radius 3 is 2.16 bits per heavy atom. The Balaban J connectivity index is 1.58. The average molecular weight is 469 g/mol. The highest BCUT2D eigenvalue weighted by Crippen LogP contribution is 2.31. The minimum absolute atomic E-state index is 0.0224. The van der Waals surface area contributed by atoms with Crippen molar-refractivity contribution in [1.82, 2.24) is 20.1 Å². The number of aromatic nitrogens is 3. The first-order chi connectivity index (χ1) is 15.3. The van der Waals surface area contributed by atoms with Crippen LogP contribution in [-0.2, 0) is 14.6 Å². The number of hydrogen-bond donors (Lipinski definition) is 0. The van der Waals surface area contributed by atoms with Crippen LogP contribution in [0.4, 0.5) is 0 Å². The zero-order valence-electron chi connectivity index (χ0n) is 17.9. The highest BCUT2D eigenvalue weighted by molar-refractivity contribution is 8.00. The second-order valence-electron chi connectivity index (χ2n) is 7.79. The van der Waals surface area contributed by atoms with Crippen molar-refractivity contribution in [3.8, 4) is 22.5 Å². The number of nitrogens with zero attached hydrogens (tertiary/aromatic N) is 4. The van der Waals surface area contributed by atoms with E-state index in [4.69, 9.17) is 4.98 Å². The van der Waals surface area contributed by atoms with Crippen molar-refractivity contribution in [1.29, 1.82) is 0 Å². The highest BCUT2D eigenvalue weighted by Gasteiger charge is 2.34. The average Bonchev–Trinajstić information content (AvgIpc) is 3.18. The van der Waals surface area contributed by atoms with E-state index in [-0.39, 0.29) is 23.5 Å². The van der Waals surface area contributed by atoms with Crippen LogP contribution >= 0.6 is 11.8 Å². The van der Waals surface area contributed by atoms with Gasteiger partial charge in [0.05, 0.1) is 16.8 Å². The van der Waals surface area contributed by atoms with E-state index in [1.54, 1.807) is 18.9 Å². The Labute approximate surface area is 192 Å². The molecule has 2 heterocycles. The summed E-state index contributed by atoms with van der Waals surface area (Å²) in [5.74, 6) is 0.00826. The smallest absolute Gasteiger partial charge is 0.235 e. The molecule has 1 fully saturated rings. The van der Waals surface area contributed by atoms with Gasteiger partial charge in [0, 0.05) is 24.2 Å². The molecule has 166 valence electrons. The fourth-order valence-corrected chi connectivity index (χ4v) is 6.29. The lowest BCUT2D eigenvalue weighted by atomic mass is 10.0. The predicted octanol–water partition coefficient (Wildman–Crippen LogP) is 3.33. The summed E-state index contributed by atoms with van der Waals surface area (Å²) < 4.78 is 23.6. The summed E-state index contributed by atoms with van der Waals surface area (Å²) in [4.78, 5) is 19.2. The van der Waals surface area contributed by atoms with Crippen LogP contribution in [-0.4, -0.2) is 64.3 Å². The topological polar surface area (TPSA) is 93.1 Å². The molecule has 1 amide bonds. The van der Waals surface area contributed by atoms with Gasteiger partial charge in [-0.05, 0) is 13.3 Å². The lowest BCUT2D eigenvalue weighted by molar-refractivity contribution is -0.130. The third-order valence-corrected chi connectivity index (χ3v) is 8.18. The maximum absolute atomic E-state index is 12.9. The molecule has 32 heavy (non-hydrogen) atoms. The Morgan fingerprint density at radius 2 is 1.59 bits per heavy atom. The largest absolute Gasteiger partial charge is 0.341 e. The molecule has 2 aromatic carbocycles. The molecule has 1 aliphatic rings. The second-order valence-corrected chi connectivity index (χ2v) is 11.3. The lowest BCUT2D eigenvalue weighted by Crippen LogP contribution is -2.41. The molecule has 0 bridgehead atoms. The molecule has 4 rings (SSSR count). The van der Waals surface area contributed by atoms with E-state index < -0.39 is 15.1 Å². The van der Waals surface area contributed by atoms with Gasteiger partial charge in [-0.15, -0.1) is 10.2 Å². The summed E-state index contributed by atoms with van der Waals surface area (Å²) in [6.07, 6.45) is 0.476. The van der Waals surface area contributed by atoms with E-state index in [0.29, 0.717) is 23.0 Å². The van der Waals surface area contributed by atoms with Gasteiger partial charge in [-0.2, -0.15) is 0 Å². The molecule has 1 saturated heterocycles. The van der Waals surface area contributed by atoms with Gasteiger partial charge in [0.2, 0.25) is 11.1 Å². The number of sulfone groups is 1. The van der Waals surface area contributed by atoms with E-state index in [2.05, 4.69) is 10.2 Å². The Morgan fingerprint density at radius 1 is 1.00 bits per heavy atom. The fraction of sp³-hybridized carbons (Fsp3) is 0.304. The maximum atomic E-state index is 12.9. The molecule has 3 aromatic rings. The Bertz CT molecular complexity index is 1200. The number of hydrogen-bond acceptors (Lipinski definition) is 7. The third kappa shape index (κ3) is 4.99. The molecular formula is C23H24N4O3S2. The Kier molecular flexibility index (Phi) is 6.57. The summed E-state index contributed by atoms with van der Waals surface area (Å²) in [5, 5.41) is 8.64. The van der Waals surface area contributed by atoms with Crippen LogP contribution in [0.15, 0.2) is 65.8 Å². The minimum Gasteiger partial charge on any atom is -0.341 e. The minimum atomic E-state index is -3.06. The van der Waals surface area contributed by atoms with Crippen LogP contribution in [0.25, 0.3) is 22.5 Å². The summed E-state index contributed by atoms with van der Waals surface area (Å²) in [7, 11) is -1.40. The fourth-order valence-electron chi connectivity index (χ4n) is 3.70. The van der Waals surface area contributed by atoms with E-state index in [9.17, 15) is 13.2 Å². The number of benzene rings is 2. The predicted molar refractivity (Wildman–Crippen MR) is 126 cm³/mol. The van der Waals surface area contributed by atoms with Gasteiger partial charge < -0.3 is 4.90 Å². The van der Waals surface area contributed by atoms with Gasteiger partial charge in [0.1, 0.15) is 11.4 Å². The molecule has 0 saturated carbocycles. The number of thioether (sulfide) groups is 1. The van der Waals surface area contributed by atoms with E-state index in [0.717, 1.165) is 11.1 Å². The van der Waals surface area contributed by atoms with Crippen molar-refractivity contribution in [2.45, 2.75) is 29.8 Å². The molecule has 0 unspecified atom stereocenters. The zero-order valence-corrected chi connectivity index (χ0v) is 19.5. The van der Waals surface area contributed by atoms with Crippen molar-refractivity contribution in [2.24, 2.45) is 0 Å². The highest BCUT2D eigenvalue weighted by atomic mass is 32.2. The van der Waals surface area contributed by atoms with Crippen LogP contribution in [0.5, 0.6) is 0 Å². The van der Waals surface area contributed by atoms with Crippen LogP contribution in [0.2, 0.25) is 0 Å². The zero-order chi connectivity index (χ0) is 22.7. The first-order valence-corrected chi connectivity index (χ1v) is 13.0. The molecular weight excluding hydrogens is 444 g/mol. The van der Waals surface area contributed by atoms with Crippen LogP contribution in [0.1, 0.15) is 13.3 Å². The third-order valence-electron chi connectivity index (χ3n) is 5.50. The van der Waals surface area contributed by atoms with Gasteiger partial charge in [0.25, 0.3) is 0 Å². The van der Waals surface area contributed by atoms with Gasteiger partial charge in [-0.3, -0.25) is 4.79 Å². The molecule has 0 spiro atoms. The van der Waals surface area contributed by atoms with Gasteiger partial charge in [-0.25, -0.2) is 13.4 Å². The molecule has 2 atom stereocenters. The SMILES string of the molecule is C[C@@H](Sc1nnc(-c2ccccc2)c(-c2ccccc2)n1)C(=O)N(C)[C@H]1CCS(=O)(=O)C1. The standard InChI is InChI=1S/C23H24N4O3S2/c1-16(22(28)27(2)19-13-14-32(29,30)15-19)31-23-24-20(17-9-5-3-6-10-17)21(25-26-23)18-11-7-4-8-12-18/h3-12,16,19H,13-15H2,1-2H3/t16-,19+/m1/s1. The van der Waals surface area contributed by atoms with Crippen molar-refractivity contribution < 1.29 is 13.2 Å². The van der Waals surface area contributed by atoms with Crippen molar-refractivity contribution in [2.75, 3.05) is 18.6 Å². The molecule has 0 aliphatic carbocycles. The second kappa shape index (κ2) is 9.38. The van der Waals surface area contributed by atoms with Crippen LogP contribution in [0, 0.1) is 0 Å². The van der Waals surface area contributed by atoms with Crippen LogP contribution < -0.4 is 0 Å². The van der Waals surface area contributed by atoms with Gasteiger partial charge in [-0.1, -0.05) is 72.4 Å². The first-order valence-electron chi connectivity index (χ1n) is 10.3. The Hall–Kier alpha value is -2.78. The number of carbonyl (C=O) groups excluding carboxylic acids is 1. The van der Waals surface area contributed by atoms with E-state index in [1.807, 2.05) is 60.7 Å². The summed E-state index contributed by atoms with van der Waals surface area (Å²) in [5.41, 5.74) is 3.20. The van der Waals surface area contributed by atoms with Crippen molar-refractivity contribution in [3.05, 3.63) is 60.7 Å². The normalized spacial score (nSPS) is 18.2. The molecule has 1 aliphatic heterocycles. The molecule has 0 radical (unpaired) electrons. The first kappa shape index (κ1) is 22.4. The summed E-state index contributed by atoms with van der Waals surface area (Å²) >= 11 is 1.23. The number of rotatable bonds is 6. The van der Waals surface area contributed by atoms with E-state index in [1.165, 1.54) is 11.8 Å². The van der Waals surface area contributed by atoms with Crippen molar-refractivity contribution in [3.63, 3.8) is 0 Å². The summed E-state index contributed by atoms with van der Waals surface area (Å²) in [6, 6.07) is 19.2. The molecule has 0 N–H and O–H groups in total. The number of amides is 1. The number of carbonyl (C=O) groups is 1.